The molecule has 18 heavy (non-hydrogen) atoms. The lowest BCUT2D eigenvalue weighted by atomic mass is 9.85. The Morgan fingerprint density at radius 3 is 2.94 bits per heavy atom. The third-order valence-corrected chi connectivity index (χ3v) is 4.00. The molecule has 0 unspecified atom stereocenters. The molecular weight excluding hydrogens is 222 g/mol. The Labute approximate surface area is 110 Å². The van der Waals surface area contributed by atoms with Crippen LogP contribution in [0, 0.1) is 5.41 Å². The summed E-state index contributed by atoms with van der Waals surface area (Å²) < 4.78 is 0. The van der Waals surface area contributed by atoms with Crippen LogP contribution in [0.4, 0.5) is 0 Å². The van der Waals surface area contributed by atoms with Gasteiger partial charge in [-0.25, -0.2) is 0 Å². The smallest absolute Gasteiger partial charge is 0.0584 e. The van der Waals surface area contributed by atoms with Crippen molar-refractivity contribution in [1.82, 2.24) is 9.88 Å². The van der Waals surface area contributed by atoms with E-state index in [9.17, 15) is 0 Å². The Balaban J connectivity index is 2.01. The molecule has 3 nitrogen and oxygen atoms in total. The fourth-order valence-electron chi connectivity index (χ4n) is 2.68. The largest absolute Gasteiger partial charge is 0.325 e. The SMILES string of the molecule is CC1(C)CCCN(Cc2cccnc2CN)CC1. The summed E-state index contributed by atoms with van der Waals surface area (Å²) in [5, 5.41) is 0. The van der Waals surface area contributed by atoms with Crippen molar-refractivity contribution >= 4 is 0 Å². The van der Waals surface area contributed by atoms with Crippen LogP contribution in [0.2, 0.25) is 0 Å². The van der Waals surface area contributed by atoms with Gasteiger partial charge in [0.2, 0.25) is 0 Å². The lowest BCUT2D eigenvalue weighted by Gasteiger charge is -2.23. The number of hydrogen-bond donors (Lipinski definition) is 1. The van der Waals surface area contributed by atoms with Gasteiger partial charge in [-0.2, -0.15) is 0 Å². The van der Waals surface area contributed by atoms with Crippen molar-refractivity contribution in [2.45, 2.75) is 46.2 Å². The highest BCUT2D eigenvalue weighted by Crippen LogP contribution is 2.30. The maximum atomic E-state index is 5.75. The third-order valence-electron chi connectivity index (χ3n) is 4.00. The van der Waals surface area contributed by atoms with E-state index in [2.05, 4.69) is 29.8 Å². The van der Waals surface area contributed by atoms with Crippen molar-refractivity contribution in [2.24, 2.45) is 11.1 Å². The molecule has 3 heteroatoms. The Hall–Kier alpha value is -0.930. The number of pyridine rings is 1. The average molecular weight is 247 g/mol. The zero-order chi connectivity index (χ0) is 13.0. The van der Waals surface area contributed by atoms with Gasteiger partial charge in [-0.15, -0.1) is 0 Å². The lowest BCUT2D eigenvalue weighted by Crippen LogP contribution is -2.26. The molecule has 1 aliphatic rings. The van der Waals surface area contributed by atoms with Crippen LogP contribution >= 0.6 is 0 Å². The maximum absolute atomic E-state index is 5.75. The molecule has 0 aromatic carbocycles. The maximum Gasteiger partial charge on any atom is 0.0584 e. The van der Waals surface area contributed by atoms with E-state index < -0.39 is 0 Å². The van der Waals surface area contributed by atoms with E-state index in [1.807, 2.05) is 12.3 Å². The molecule has 0 amide bonds. The Morgan fingerprint density at radius 1 is 1.33 bits per heavy atom. The minimum Gasteiger partial charge on any atom is -0.325 e. The molecule has 2 rings (SSSR count). The molecule has 100 valence electrons. The Kier molecular flexibility index (Phi) is 4.36. The Morgan fingerprint density at radius 2 is 2.17 bits per heavy atom. The second-order valence-electron chi connectivity index (χ2n) is 6.11. The molecule has 0 radical (unpaired) electrons. The third kappa shape index (κ3) is 3.53. The van der Waals surface area contributed by atoms with Gasteiger partial charge in [-0.05, 0) is 49.4 Å². The molecule has 1 saturated heterocycles. The van der Waals surface area contributed by atoms with Crippen LogP contribution < -0.4 is 5.73 Å². The van der Waals surface area contributed by atoms with Crippen molar-refractivity contribution in [3.63, 3.8) is 0 Å². The van der Waals surface area contributed by atoms with Crippen LogP contribution in [-0.2, 0) is 13.1 Å². The quantitative estimate of drug-likeness (QED) is 0.892. The topological polar surface area (TPSA) is 42.2 Å². The van der Waals surface area contributed by atoms with Crippen molar-refractivity contribution in [1.29, 1.82) is 0 Å². The van der Waals surface area contributed by atoms with E-state index in [0.717, 1.165) is 12.2 Å². The summed E-state index contributed by atoms with van der Waals surface area (Å²) in [5.74, 6) is 0. The predicted octanol–water partition coefficient (Wildman–Crippen LogP) is 2.55. The van der Waals surface area contributed by atoms with Gasteiger partial charge in [0.05, 0.1) is 5.69 Å². The number of nitrogens with two attached hydrogens (primary N) is 1. The zero-order valence-electron chi connectivity index (χ0n) is 11.7. The summed E-state index contributed by atoms with van der Waals surface area (Å²) in [4.78, 5) is 6.91. The fourth-order valence-corrected chi connectivity index (χ4v) is 2.68. The molecular formula is C15H25N3. The first-order chi connectivity index (χ1) is 8.61. The second kappa shape index (κ2) is 5.81. The van der Waals surface area contributed by atoms with E-state index in [1.165, 1.54) is 37.9 Å². The zero-order valence-corrected chi connectivity index (χ0v) is 11.7. The van der Waals surface area contributed by atoms with Crippen LogP contribution in [-0.4, -0.2) is 23.0 Å². The normalized spacial score (nSPS) is 20.6. The highest BCUT2D eigenvalue weighted by atomic mass is 15.1. The highest BCUT2D eigenvalue weighted by Gasteiger charge is 2.23. The molecule has 2 heterocycles. The predicted molar refractivity (Wildman–Crippen MR) is 75.0 cm³/mol. The molecule has 0 spiro atoms. The van der Waals surface area contributed by atoms with E-state index in [0.29, 0.717) is 12.0 Å². The highest BCUT2D eigenvalue weighted by molar-refractivity contribution is 5.19. The van der Waals surface area contributed by atoms with E-state index in [1.54, 1.807) is 0 Å². The molecule has 2 N–H and O–H groups in total. The van der Waals surface area contributed by atoms with E-state index in [4.69, 9.17) is 5.73 Å². The Bertz CT molecular complexity index is 387. The average Bonchev–Trinajstić information content (AvgIpc) is 2.52. The lowest BCUT2D eigenvalue weighted by molar-refractivity contribution is 0.255. The van der Waals surface area contributed by atoms with Gasteiger partial charge in [-0.3, -0.25) is 9.88 Å². The summed E-state index contributed by atoms with van der Waals surface area (Å²) >= 11 is 0. The van der Waals surface area contributed by atoms with Crippen LogP contribution in [0.3, 0.4) is 0 Å². The standard InChI is InChI=1S/C15H25N3/c1-15(2)6-4-9-18(10-7-15)12-13-5-3-8-17-14(13)11-16/h3,5,8H,4,6-7,9-12,16H2,1-2H3. The molecule has 0 aliphatic carbocycles. The van der Waals surface area contributed by atoms with Gasteiger partial charge in [0.25, 0.3) is 0 Å². The van der Waals surface area contributed by atoms with Crippen molar-refractivity contribution in [3.8, 4) is 0 Å². The fraction of sp³-hybridized carbons (Fsp3) is 0.667. The molecule has 1 aromatic heterocycles. The second-order valence-corrected chi connectivity index (χ2v) is 6.11. The molecule has 1 aliphatic heterocycles. The number of likely N-dealkylation sites (tertiary alicyclic amines) is 1. The van der Waals surface area contributed by atoms with Gasteiger partial charge in [0, 0.05) is 19.3 Å². The van der Waals surface area contributed by atoms with Gasteiger partial charge < -0.3 is 5.73 Å². The van der Waals surface area contributed by atoms with Crippen LogP contribution in [0.25, 0.3) is 0 Å². The number of aromatic nitrogens is 1. The van der Waals surface area contributed by atoms with E-state index >= 15 is 0 Å². The first kappa shape index (κ1) is 13.5. The summed E-state index contributed by atoms with van der Waals surface area (Å²) in [6.07, 6.45) is 5.74. The minimum absolute atomic E-state index is 0.500. The van der Waals surface area contributed by atoms with Crippen LogP contribution in [0.15, 0.2) is 18.3 Å². The summed E-state index contributed by atoms with van der Waals surface area (Å²) in [7, 11) is 0. The van der Waals surface area contributed by atoms with Crippen LogP contribution in [0.5, 0.6) is 0 Å². The first-order valence-electron chi connectivity index (χ1n) is 6.96. The minimum atomic E-state index is 0.500. The van der Waals surface area contributed by atoms with Crippen molar-refractivity contribution < 1.29 is 0 Å². The number of rotatable bonds is 3. The van der Waals surface area contributed by atoms with Gasteiger partial charge in [-0.1, -0.05) is 19.9 Å². The summed E-state index contributed by atoms with van der Waals surface area (Å²) in [6, 6.07) is 4.17. The van der Waals surface area contributed by atoms with Crippen molar-refractivity contribution in [2.75, 3.05) is 13.1 Å². The van der Waals surface area contributed by atoms with Gasteiger partial charge in [0.1, 0.15) is 0 Å². The summed E-state index contributed by atoms with van der Waals surface area (Å²) in [5.41, 5.74) is 8.58. The number of hydrogen-bond acceptors (Lipinski definition) is 3. The molecule has 1 fully saturated rings. The van der Waals surface area contributed by atoms with Gasteiger partial charge >= 0.3 is 0 Å². The van der Waals surface area contributed by atoms with Crippen LogP contribution in [0.1, 0.15) is 44.4 Å². The van der Waals surface area contributed by atoms with Gasteiger partial charge in [0.15, 0.2) is 0 Å². The summed E-state index contributed by atoms with van der Waals surface area (Å²) in [6.45, 7) is 8.68. The number of nitrogens with zero attached hydrogens (tertiary/aromatic N) is 2. The monoisotopic (exact) mass is 247 g/mol. The molecule has 1 aromatic rings. The molecule has 0 saturated carbocycles. The van der Waals surface area contributed by atoms with Crippen molar-refractivity contribution in [3.05, 3.63) is 29.6 Å². The molecule has 0 bridgehead atoms. The molecule has 0 atom stereocenters. The first-order valence-corrected chi connectivity index (χ1v) is 6.96. The van der Waals surface area contributed by atoms with E-state index in [-0.39, 0.29) is 0 Å².